The Balaban J connectivity index is 1.94. The van der Waals surface area contributed by atoms with Crippen molar-refractivity contribution in [1.29, 1.82) is 0 Å². The highest BCUT2D eigenvalue weighted by molar-refractivity contribution is 5.83. The lowest BCUT2D eigenvalue weighted by atomic mass is 9.92. The van der Waals surface area contributed by atoms with Gasteiger partial charge in [0, 0.05) is 23.0 Å². The molecule has 1 aromatic heterocycles. The van der Waals surface area contributed by atoms with E-state index in [-0.39, 0.29) is 12.5 Å². The fourth-order valence-corrected chi connectivity index (χ4v) is 2.60. The number of nitrogens with one attached hydrogen (secondary N) is 1. The quantitative estimate of drug-likeness (QED) is 0.731. The van der Waals surface area contributed by atoms with Gasteiger partial charge in [0.25, 0.3) is 0 Å². The second-order valence-corrected chi connectivity index (χ2v) is 4.86. The predicted molar refractivity (Wildman–Crippen MR) is 78.3 cm³/mol. The Hall–Kier alpha value is -2.06. The molecular formula is C17H17NO. The number of hydrogen-bond donors (Lipinski definition) is 2. The van der Waals surface area contributed by atoms with Gasteiger partial charge in [0.2, 0.25) is 0 Å². The van der Waals surface area contributed by atoms with Crippen molar-refractivity contribution in [1.82, 2.24) is 4.98 Å². The first-order chi connectivity index (χ1) is 9.38. The van der Waals surface area contributed by atoms with Crippen molar-refractivity contribution in [2.24, 2.45) is 0 Å². The Morgan fingerprint density at radius 3 is 2.47 bits per heavy atom. The summed E-state index contributed by atoms with van der Waals surface area (Å²) in [5.74, 6) is 0.138. The molecule has 0 bridgehead atoms. The largest absolute Gasteiger partial charge is 0.396 e. The van der Waals surface area contributed by atoms with Crippen molar-refractivity contribution in [3.05, 3.63) is 71.9 Å². The van der Waals surface area contributed by atoms with Crippen LogP contribution in [0.5, 0.6) is 0 Å². The van der Waals surface area contributed by atoms with Crippen LogP contribution in [0.2, 0.25) is 0 Å². The molecule has 0 spiro atoms. The molecule has 0 aliphatic heterocycles. The van der Waals surface area contributed by atoms with E-state index in [1.54, 1.807) is 0 Å². The van der Waals surface area contributed by atoms with Gasteiger partial charge in [-0.05, 0) is 23.6 Å². The number of benzene rings is 2. The van der Waals surface area contributed by atoms with E-state index in [2.05, 4.69) is 29.2 Å². The molecule has 0 fully saturated rings. The summed E-state index contributed by atoms with van der Waals surface area (Å²) in [7, 11) is 0. The fourth-order valence-electron chi connectivity index (χ4n) is 2.60. The second-order valence-electron chi connectivity index (χ2n) is 4.86. The summed E-state index contributed by atoms with van der Waals surface area (Å²) in [5.41, 5.74) is 3.58. The Morgan fingerprint density at radius 2 is 1.68 bits per heavy atom. The van der Waals surface area contributed by atoms with Crippen molar-refractivity contribution in [2.45, 2.75) is 12.3 Å². The zero-order valence-corrected chi connectivity index (χ0v) is 10.7. The number of H-pyrrole nitrogens is 1. The van der Waals surface area contributed by atoms with Crippen LogP contribution in [0, 0.1) is 0 Å². The zero-order chi connectivity index (χ0) is 13.1. The highest BCUT2D eigenvalue weighted by Crippen LogP contribution is 2.27. The molecule has 19 heavy (non-hydrogen) atoms. The third-order valence-electron chi connectivity index (χ3n) is 3.61. The standard InChI is InChI=1S/C17H17NO/c19-12-14(10-13-6-2-1-3-7-13)16-11-18-17-9-5-4-8-15(16)17/h1-9,11,14,18-19H,10,12H2/t14-/m0/s1. The van der Waals surface area contributed by atoms with Crippen LogP contribution in [-0.2, 0) is 6.42 Å². The molecule has 2 N–H and O–H groups in total. The van der Waals surface area contributed by atoms with Crippen LogP contribution < -0.4 is 0 Å². The van der Waals surface area contributed by atoms with Gasteiger partial charge >= 0.3 is 0 Å². The maximum absolute atomic E-state index is 9.70. The van der Waals surface area contributed by atoms with Gasteiger partial charge in [0.1, 0.15) is 0 Å². The third kappa shape index (κ3) is 2.40. The molecule has 3 aromatic rings. The predicted octanol–water partition coefficient (Wildman–Crippen LogP) is 3.49. The molecule has 0 amide bonds. The monoisotopic (exact) mass is 251 g/mol. The maximum atomic E-state index is 9.70. The average Bonchev–Trinajstić information content (AvgIpc) is 2.90. The molecule has 2 aromatic carbocycles. The van der Waals surface area contributed by atoms with Crippen molar-refractivity contribution in [2.75, 3.05) is 6.61 Å². The van der Waals surface area contributed by atoms with Gasteiger partial charge in [-0.3, -0.25) is 0 Å². The van der Waals surface area contributed by atoms with Crippen LogP contribution in [0.15, 0.2) is 60.8 Å². The Kier molecular flexibility index (Phi) is 3.34. The van der Waals surface area contributed by atoms with Crippen LogP contribution in [0.3, 0.4) is 0 Å². The summed E-state index contributed by atoms with van der Waals surface area (Å²) in [5, 5.41) is 10.9. The molecule has 0 aliphatic carbocycles. The van der Waals surface area contributed by atoms with Crippen LogP contribution in [-0.4, -0.2) is 16.7 Å². The highest BCUT2D eigenvalue weighted by Gasteiger charge is 2.15. The summed E-state index contributed by atoms with van der Waals surface area (Å²) >= 11 is 0. The number of para-hydroxylation sites is 1. The van der Waals surface area contributed by atoms with E-state index in [9.17, 15) is 5.11 Å². The number of aromatic nitrogens is 1. The summed E-state index contributed by atoms with van der Waals surface area (Å²) < 4.78 is 0. The van der Waals surface area contributed by atoms with Crippen molar-refractivity contribution in [3.8, 4) is 0 Å². The van der Waals surface area contributed by atoms with Crippen LogP contribution >= 0.6 is 0 Å². The van der Waals surface area contributed by atoms with Gasteiger partial charge in [-0.1, -0.05) is 48.5 Å². The van der Waals surface area contributed by atoms with E-state index in [1.807, 2.05) is 36.5 Å². The summed E-state index contributed by atoms with van der Waals surface area (Å²) in [4.78, 5) is 3.28. The first kappa shape index (κ1) is 12.0. The van der Waals surface area contributed by atoms with Gasteiger partial charge in [-0.2, -0.15) is 0 Å². The lowest BCUT2D eigenvalue weighted by molar-refractivity contribution is 0.265. The topological polar surface area (TPSA) is 36.0 Å². The molecule has 0 unspecified atom stereocenters. The minimum absolute atomic E-state index is 0.138. The number of hydrogen-bond acceptors (Lipinski definition) is 1. The molecule has 1 heterocycles. The van der Waals surface area contributed by atoms with E-state index in [4.69, 9.17) is 0 Å². The van der Waals surface area contributed by atoms with Crippen molar-refractivity contribution in [3.63, 3.8) is 0 Å². The molecule has 96 valence electrons. The van der Waals surface area contributed by atoms with Gasteiger partial charge in [0.05, 0.1) is 6.61 Å². The molecule has 0 saturated heterocycles. The Labute approximate surface area is 112 Å². The summed E-state index contributed by atoms with van der Waals surface area (Å²) in [6.45, 7) is 0.163. The van der Waals surface area contributed by atoms with Gasteiger partial charge in [-0.25, -0.2) is 0 Å². The van der Waals surface area contributed by atoms with Gasteiger partial charge in [0.15, 0.2) is 0 Å². The second kappa shape index (κ2) is 5.29. The minimum Gasteiger partial charge on any atom is -0.396 e. The molecule has 0 radical (unpaired) electrons. The minimum atomic E-state index is 0.138. The first-order valence-corrected chi connectivity index (χ1v) is 6.59. The molecule has 2 nitrogen and oxygen atoms in total. The molecule has 1 atom stereocenters. The van der Waals surface area contributed by atoms with Crippen molar-refractivity contribution < 1.29 is 5.11 Å². The van der Waals surface area contributed by atoms with Crippen molar-refractivity contribution >= 4 is 10.9 Å². The Bertz CT molecular complexity index is 657. The molecule has 3 rings (SSSR count). The SMILES string of the molecule is OC[C@H](Cc1ccccc1)c1c[nH]c2ccccc12. The smallest absolute Gasteiger partial charge is 0.0503 e. The molecule has 0 aliphatic rings. The van der Waals surface area contributed by atoms with Crippen LogP contribution in [0.1, 0.15) is 17.0 Å². The van der Waals surface area contributed by atoms with E-state index in [0.29, 0.717) is 0 Å². The number of rotatable bonds is 4. The summed E-state index contributed by atoms with van der Waals surface area (Å²) in [6, 6.07) is 18.5. The lowest BCUT2D eigenvalue weighted by Gasteiger charge is -2.13. The molecule has 0 saturated carbocycles. The van der Waals surface area contributed by atoms with E-state index >= 15 is 0 Å². The zero-order valence-electron chi connectivity index (χ0n) is 10.7. The average molecular weight is 251 g/mol. The Morgan fingerprint density at radius 1 is 0.947 bits per heavy atom. The van der Waals surface area contributed by atoms with E-state index in [0.717, 1.165) is 11.9 Å². The normalized spacial score (nSPS) is 12.7. The van der Waals surface area contributed by atoms with Crippen LogP contribution in [0.25, 0.3) is 10.9 Å². The molecule has 2 heteroatoms. The number of aliphatic hydroxyl groups is 1. The summed E-state index contributed by atoms with van der Waals surface area (Å²) in [6.07, 6.45) is 2.88. The van der Waals surface area contributed by atoms with Crippen LogP contribution in [0.4, 0.5) is 0 Å². The number of fused-ring (bicyclic) bond motifs is 1. The third-order valence-corrected chi connectivity index (χ3v) is 3.61. The van der Waals surface area contributed by atoms with Gasteiger partial charge in [-0.15, -0.1) is 0 Å². The number of aliphatic hydroxyl groups excluding tert-OH is 1. The van der Waals surface area contributed by atoms with E-state index in [1.165, 1.54) is 16.5 Å². The lowest BCUT2D eigenvalue weighted by Crippen LogP contribution is -2.07. The fraction of sp³-hybridized carbons (Fsp3) is 0.176. The first-order valence-electron chi connectivity index (χ1n) is 6.59. The number of aromatic amines is 1. The maximum Gasteiger partial charge on any atom is 0.0503 e. The van der Waals surface area contributed by atoms with E-state index < -0.39 is 0 Å². The van der Waals surface area contributed by atoms with Gasteiger partial charge < -0.3 is 10.1 Å². The highest BCUT2D eigenvalue weighted by atomic mass is 16.3. The molecular weight excluding hydrogens is 234 g/mol.